The molecule has 0 heterocycles. The third-order valence-electron chi connectivity index (χ3n) is 0. The number of carbonyl (C=O) groups excluding carboxylic acids is 2. The summed E-state index contributed by atoms with van der Waals surface area (Å²) in [6, 6.07) is 0. The van der Waals surface area contributed by atoms with Crippen LogP contribution < -0.4 is 15.9 Å². The van der Waals surface area contributed by atoms with Crippen molar-refractivity contribution in [3.05, 3.63) is 0 Å². The summed E-state index contributed by atoms with van der Waals surface area (Å²) in [5.41, 5.74) is 4.50. The molecule has 0 atom stereocenters. The molecule has 6 heteroatoms. The first-order chi connectivity index (χ1) is 4.46. The molecule has 0 aromatic heterocycles. The van der Waals surface area contributed by atoms with E-state index in [4.69, 9.17) is 19.8 Å². The summed E-state index contributed by atoms with van der Waals surface area (Å²) in [6.45, 7) is 1.94. The predicted molar refractivity (Wildman–Crippen MR) is 31.5 cm³/mol. The van der Waals surface area contributed by atoms with E-state index in [9.17, 15) is 0 Å². The van der Waals surface area contributed by atoms with Gasteiger partial charge in [-0.1, -0.05) is 0 Å². The van der Waals surface area contributed by atoms with Crippen molar-refractivity contribution in [1.29, 1.82) is 0 Å². The Hall–Kier alpha value is -0.581. The van der Waals surface area contributed by atoms with Crippen molar-refractivity contribution < 1.29 is 36.9 Å². The van der Waals surface area contributed by atoms with Crippen LogP contribution in [-0.4, -0.2) is 19.0 Å². The maximum atomic E-state index is 8.89. The summed E-state index contributed by atoms with van der Waals surface area (Å²) >= 11 is 0. The van der Waals surface area contributed by atoms with Gasteiger partial charge >= 0.3 is 17.1 Å². The van der Waals surface area contributed by atoms with E-state index >= 15 is 0 Å². The average molecular weight is 213 g/mol. The van der Waals surface area contributed by atoms with Crippen LogP contribution >= 0.6 is 0 Å². The van der Waals surface area contributed by atoms with Crippen molar-refractivity contribution in [3.8, 4) is 0 Å². The first-order valence-electron chi connectivity index (χ1n) is 2.39. The Morgan fingerprint density at radius 2 is 1.00 bits per heavy atom. The van der Waals surface area contributed by atoms with Gasteiger partial charge in [-0.25, -0.2) is 0 Å². The van der Waals surface area contributed by atoms with Crippen LogP contribution in [0.3, 0.4) is 0 Å². The molecule has 0 saturated heterocycles. The van der Waals surface area contributed by atoms with Gasteiger partial charge in [0.2, 0.25) is 0 Å². The van der Waals surface area contributed by atoms with E-state index in [1.54, 1.807) is 0 Å². The van der Waals surface area contributed by atoms with Gasteiger partial charge in [0, 0.05) is 11.9 Å². The monoisotopic (exact) mass is 212 g/mol. The van der Waals surface area contributed by atoms with E-state index in [0.717, 1.165) is 13.8 Å². The summed E-state index contributed by atoms with van der Waals surface area (Å²) in [7, 11) is 1.50. The number of carbonyl (C=O) groups is 2. The van der Waals surface area contributed by atoms with Crippen LogP contribution in [0.2, 0.25) is 0 Å². The molecule has 0 spiro atoms. The van der Waals surface area contributed by atoms with Crippen molar-refractivity contribution in [3.63, 3.8) is 0 Å². The maximum Gasteiger partial charge on any atom is 2.00 e. The fraction of sp³-hybridized carbons (Fsp3) is 0.600. The van der Waals surface area contributed by atoms with Crippen LogP contribution in [0.25, 0.3) is 0 Å². The fourth-order valence-electron chi connectivity index (χ4n) is 0. The molecular weight excluding hydrogens is 202 g/mol. The summed E-state index contributed by atoms with van der Waals surface area (Å²) in [6.07, 6.45) is 0. The van der Waals surface area contributed by atoms with Gasteiger partial charge in [-0.05, 0) is 20.9 Å². The normalized spacial score (nSPS) is 5.09. The molecule has 0 rings (SSSR count). The van der Waals surface area contributed by atoms with Gasteiger partial charge < -0.3 is 25.5 Å². The first kappa shape index (κ1) is 22.4. The molecule has 0 amide bonds. The summed E-state index contributed by atoms with van der Waals surface area (Å²) in [5.74, 6) is -2.17. The molecule has 0 unspecified atom stereocenters. The summed E-state index contributed by atoms with van der Waals surface area (Å²) < 4.78 is 0. The third kappa shape index (κ3) is 1540. The second kappa shape index (κ2) is 22.7. The van der Waals surface area contributed by atoms with E-state index in [1.807, 2.05) is 0 Å². The van der Waals surface area contributed by atoms with Gasteiger partial charge in [0.1, 0.15) is 0 Å². The molecule has 1 radical (unpaired) electrons. The van der Waals surface area contributed by atoms with E-state index in [1.165, 1.54) is 7.05 Å². The SMILES string of the molecule is CC(=O)[O-].CC(=O)[O-].CN.[Cu+2]. The van der Waals surface area contributed by atoms with Gasteiger partial charge in [-0.15, -0.1) is 0 Å². The van der Waals surface area contributed by atoms with Crippen molar-refractivity contribution in [2.75, 3.05) is 7.05 Å². The summed E-state index contributed by atoms with van der Waals surface area (Å²) in [4.78, 5) is 17.8. The Labute approximate surface area is 76.1 Å². The van der Waals surface area contributed by atoms with Gasteiger partial charge in [0.15, 0.2) is 0 Å². The molecule has 71 valence electrons. The molecule has 2 N–H and O–H groups in total. The number of aliphatic carboxylic acids is 2. The quantitative estimate of drug-likeness (QED) is 0.433. The molecule has 0 aromatic carbocycles. The molecule has 11 heavy (non-hydrogen) atoms. The number of rotatable bonds is 0. The zero-order chi connectivity index (χ0) is 9.15. The van der Waals surface area contributed by atoms with Crippen molar-refractivity contribution in [2.24, 2.45) is 5.73 Å². The molecule has 0 aliphatic heterocycles. The molecule has 0 saturated carbocycles. The van der Waals surface area contributed by atoms with Crippen LogP contribution in [0.15, 0.2) is 0 Å². The number of hydrogen-bond acceptors (Lipinski definition) is 5. The van der Waals surface area contributed by atoms with Gasteiger partial charge in [0.25, 0.3) is 0 Å². The smallest absolute Gasteiger partial charge is 0.550 e. The van der Waals surface area contributed by atoms with Crippen molar-refractivity contribution in [1.82, 2.24) is 0 Å². The second-order valence-electron chi connectivity index (χ2n) is 0.983. The molecule has 0 aliphatic carbocycles. The fourth-order valence-corrected chi connectivity index (χ4v) is 0. The first-order valence-corrected chi connectivity index (χ1v) is 2.39. The van der Waals surface area contributed by atoms with E-state index in [0.29, 0.717) is 0 Å². The van der Waals surface area contributed by atoms with E-state index < -0.39 is 11.9 Å². The Morgan fingerprint density at radius 3 is 1.00 bits per heavy atom. The Kier molecular flexibility index (Phi) is 46.4. The molecule has 0 bridgehead atoms. The predicted octanol–water partition coefficient (Wildman–Crippen LogP) is -2.92. The van der Waals surface area contributed by atoms with Crippen molar-refractivity contribution >= 4 is 11.9 Å². The van der Waals surface area contributed by atoms with Gasteiger partial charge in [-0.2, -0.15) is 0 Å². The van der Waals surface area contributed by atoms with Gasteiger partial charge in [0.05, 0.1) is 0 Å². The number of hydrogen-bond donors (Lipinski definition) is 1. The van der Waals surface area contributed by atoms with Crippen LogP contribution in [0, 0.1) is 0 Å². The van der Waals surface area contributed by atoms with Gasteiger partial charge in [-0.3, -0.25) is 0 Å². The minimum absolute atomic E-state index is 0. The number of carboxylic acids is 2. The Balaban J connectivity index is -0.0000000339. The molecular formula is C5H11CuNO4. The standard InChI is InChI=1S/2C2H4O2.CH5N.Cu/c2*1-2(3)4;1-2;/h2*1H3,(H,3,4);2H2,1H3;/q;;;+2/p-2. The van der Waals surface area contributed by atoms with E-state index in [2.05, 4.69) is 5.73 Å². The molecule has 0 fully saturated rings. The third-order valence-corrected chi connectivity index (χ3v) is 0. The maximum absolute atomic E-state index is 8.89. The van der Waals surface area contributed by atoms with Crippen LogP contribution in [0.4, 0.5) is 0 Å². The van der Waals surface area contributed by atoms with Crippen LogP contribution in [0.5, 0.6) is 0 Å². The average Bonchev–Trinajstić information content (AvgIpc) is 1.66. The Morgan fingerprint density at radius 1 is 1.00 bits per heavy atom. The largest absolute Gasteiger partial charge is 2.00 e. The molecule has 0 aliphatic rings. The molecule has 5 nitrogen and oxygen atoms in total. The summed E-state index contributed by atoms with van der Waals surface area (Å²) in [5, 5.41) is 17.8. The van der Waals surface area contributed by atoms with Crippen molar-refractivity contribution in [2.45, 2.75) is 13.8 Å². The topological polar surface area (TPSA) is 106 Å². The number of nitrogens with two attached hydrogens (primary N) is 1. The van der Waals surface area contributed by atoms with Crippen LogP contribution in [-0.2, 0) is 26.7 Å². The second-order valence-corrected chi connectivity index (χ2v) is 0.983. The number of carboxylic acid groups (broad SMARTS) is 2. The molecule has 0 aromatic rings. The minimum Gasteiger partial charge on any atom is -0.550 e. The zero-order valence-electron chi connectivity index (χ0n) is 6.51. The van der Waals surface area contributed by atoms with Crippen LogP contribution in [0.1, 0.15) is 13.8 Å². The Bertz CT molecular complexity index is 76.5. The minimum atomic E-state index is -1.08. The zero-order valence-corrected chi connectivity index (χ0v) is 7.45. The van der Waals surface area contributed by atoms with E-state index in [-0.39, 0.29) is 17.1 Å².